The van der Waals surface area contributed by atoms with Crippen molar-refractivity contribution in [2.45, 2.75) is 6.54 Å². The van der Waals surface area contributed by atoms with Gasteiger partial charge in [-0.15, -0.1) is 0 Å². The van der Waals surface area contributed by atoms with E-state index >= 15 is 0 Å². The van der Waals surface area contributed by atoms with Crippen molar-refractivity contribution < 1.29 is 4.74 Å². The van der Waals surface area contributed by atoms with E-state index in [1.54, 1.807) is 6.20 Å². The van der Waals surface area contributed by atoms with Gasteiger partial charge in [0.2, 0.25) is 5.88 Å². The lowest BCUT2D eigenvalue weighted by Crippen LogP contribution is -2.11. The summed E-state index contributed by atoms with van der Waals surface area (Å²) < 4.78 is 6.09. The van der Waals surface area contributed by atoms with Crippen molar-refractivity contribution in [1.82, 2.24) is 9.88 Å². The number of nitrogens with zero attached hydrogens (tertiary/aromatic N) is 2. The SMILES string of the molecule is CN(C)Cc1ccccc1Oc1nccc2ccccc12. The van der Waals surface area contributed by atoms with Crippen LogP contribution in [0.15, 0.2) is 60.8 Å². The van der Waals surface area contributed by atoms with Crippen molar-refractivity contribution in [2.24, 2.45) is 0 Å². The van der Waals surface area contributed by atoms with Crippen LogP contribution in [0.1, 0.15) is 5.56 Å². The number of pyridine rings is 1. The first kappa shape index (κ1) is 13.6. The molecule has 3 nitrogen and oxygen atoms in total. The lowest BCUT2D eigenvalue weighted by Gasteiger charge is -2.15. The smallest absolute Gasteiger partial charge is 0.227 e. The molecule has 21 heavy (non-hydrogen) atoms. The largest absolute Gasteiger partial charge is 0.438 e. The second kappa shape index (κ2) is 5.94. The van der Waals surface area contributed by atoms with E-state index in [0.29, 0.717) is 5.88 Å². The fraction of sp³-hybridized carbons (Fsp3) is 0.167. The summed E-state index contributed by atoms with van der Waals surface area (Å²) in [6, 6.07) is 18.2. The average molecular weight is 278 g/mol. The summed E-state index contributed by atoms with van der Waals surface area (Å²) >= 11 is 0. The maximum Gasteiger partial charge on any atom is 0.227 e. The van der Waals surface area contributed by atoms with Gasteiger partial charge in [-0.1, -0.05) is 36.4 Å². The van der Waals surface area contributed by atoms with E-state index in [1.165, 1.54) is 0 Å². The zero-order chi connectivity index (χ0) is 14.7. The van der Waals surface area contributed by atoms with E-state index in [-0.39, 0.29) is 0 Å². The maximum absolute atomic E-state index is 6.09. The summed E-state index contributed by atoms with van der Waals surface area (Å²) in [7, 11) is 4.10. The highest BCUT2D eigenvalue weighted by Gasteiger charge is 2.08. The van der Waals surface area contributed by atoms with E-state index < -0.39 is 0 Å². The molecule has 2 aromatic carbocycles. The average Bonchev–Trinajstić information content (AvgIpc) is 2.49. The van der Waals surface area contributed by atoms with Crippen LogP contribution in [0.4, 0.5) is 0 Å². The summed E-state index contributed by atoms with van der Waals surface area (Å²) in [6.07, 6.45) is 1.78. The van der Waals surface area contributed by atoms with Gasteiger partial charge in [0.15, 0.2) is 0 Å². The van der Waals surface area contributed by atoms with Crippen molar-refractivity contribution in [1.29, 1.82) is 0 Å². The van der Waals surface area contributed by atoms with Crippen molar-refractivity contribution in [3.63, 3.8) is 0 Å². The molecular formula is C18H18N2O. The maximum atomic E-state index is 6.09. The van der Waals surface area contributed by atoms with Gasteiger partial charge in [-0.3, -0.25) is 0 Å². The molecule has 1 heterocycles. The number of rotatable bonds is 4. The molecule has 0 aliphatic carbocycles. The third-order valence-electron chi connectivity index (χ3n) is 3.30. The molecule has 0 bridgehead atoms. The number of hydrogen-bond donors (Lipinski definition) is 0. The lowest BCUT2D eigenvalue weighted by atomic mass is 10.1. The van der Waals surface area contributed by atoms with Crippen LogP contribution in [-0.4, -0.2) is 24.0 Å². The number of aromatic nitrogens is 1. The first-order valence-corrected chi connectivity index (χ1v) is 6.98. The summed E-state index contributed by atoms with van der Waals surface area (Å²) in [5, 5.41) is 2.16. The zero-order valence-corrected chi connectivity index (χ0v) is 12.3. The van der Waals surface area contributed by atoms with Gasteiger partial charge in [0.25, 0.3) is 0 Å². The molecule has 0 aliphatic rings. The Kier molecular flexibility index (Phi) is 3.84. The van der Waals surface area contributed by atoms with Gasteiger partial charge >= 0.3 is 0 Å². The Morgan fingerprint density at radius 3 is 2.57 bits per heavy atom. The van der Waals surface area contributed by atoms with E-state index in [2.05, 4.69) is 22.0 Å². The Morgan fingerprint density at radius 1 is 0.952 bits per heavy atom. The summed E-state index contributed by atoms with van der Waals surface area (Å²) in [5.41, 5.74) is 1.15. The summed E-state index contributed by atoms with van der Waals surface area (Å²) in [6.45, 7) is 0.834. The fourth-order valence-electron chi connectivity index (χ4n) is 2.35. The van der Waals surface area contributed by atoms with Crippen LogP contribution in [0.5, 0.6) is 11.6 Å². The van der Waals surface area contributed by atoms with E-state index in [1.807, 2.05) is 56.6 Å². The molecule has 0 saturated heterocycles. The highest BCUT2D eigenvalue weighted by Crippen LogP contribution is 2.29. The van der Waals surface area contributed by atoms with Crippen LogP contribution in [0.2, 0.25) is 0 Å². The molecule has 0 aliphatic heterocycles. The fourth-order valence-corrected chi connectivity index (χ4v) is 2.35. The van der Waals surface area contributed by atoms with Gasteiger partial charge in [-0.2, -0.15) is 0 Å². The highest BCUT2D eigenvalue weighted by molar-refractivity contribution is 5.86. The van der Waals surface area contributed by atoms with Gasteiger partial charge in [-0.25, -0.2) is 4.98 Å². The van der Waals surface area contributed by atoms with Gasteiger partial charge in [0, 0.05) is 23.7 Å². The Hall–Kier alpha value is -2.39. The zero-order valence-electron chi connectivity index (χ0n) is 12.3. The molecule has 3 aromatic rings. The van der Waals surface area contributed by atoms with Crippen LogP contribution in [0.25, 0.3) is 10.8 Å². The first-order chi connectivity index (χ1) is 10.2. The summed E-state index contributed by atoms with van der Waals surface area (Å²) in [5.74, 6) is 1.51. The molecule has 3 rings (SSSR count). The predicted molar refractivity (Wildman–Crippen MR) is 85.7 cm³/mol. The topological polar surface area (TPSA) is 25.4 Å². The third-order valence-corrected chi connectivity index (χ3v) is 3.30. The minimum Gasteiger partial charge on any atom is -0.438 e. The van der Waals surface area contributed by atoms with E-state index in [0.717, 1.165) is 28.6 Å². The Bertz CT molecular complexity index is 748. The normalized spacial score (nSPS) is 11.0. The molecule has 0 saturated carbocycles. The highest BCUT2D eigenvalue weighted by atomic mass is 16.5. The molecular weight excluding hydrogens is 260 g/mol. The van der Waals surface area contributed by atoms with Crippen molar-refractivity contribution in [3.8, 4) is 11.6 Å². The van der Waals surface area contributed by atoms with E-state index in [9.17, 15) is 0 Å². The first-order valence-electron chi connectivity index (χ1n) is 6.98. The predicted octanol–water partition coefficient (Wildman–Crippen LogP) is 4.09. The molecule has 1 aromatic heterocycles. The Labute approximate surface area is 124 Å². The molecule has 106 valence electrons. The molecule has 0 radical (unpaired) electrons. The van der Waals surface area contributed by atoms with Crippen molar-refractivity contribution >= 4 is 10.8 Å². The second-order valence-electron chi connectivity index (χ2n) is 5.28. The standard InChI is InChI=1S/C18H18N2O/c1-20(2)13-15-8-4-6-10-17(15)21-18-16-9-5-3-7-14(16)11-12-19-18/h3-12H,13H2,1-2H3. The number of fused-ring (bicyclic) bond motifs is 1. The molecule has 3 heteroatoms. The lowest BCUT2D eigenvalue weighted by molar-refractivity contribution is 0.387. The van der Waals surface area contributed by atoms with Crippen LogP contribution in [0.3, 0.4) is 0 Å². The quantitative estimate of drug-likeness (QED) is 0.718. The molecule has 0 atom stereocenters. The van der Waals surface area contributed by atoms with Crippen molar-refractivity contribution in [3.05, 3.63) is 66.4 Å². The van der Waals surface area contributed by atoms with Gasteiger partial charge in [0.05, 0.1) is 0 Å². The van der Waals surface area contributed by atoms with Crippen LogP contribution >= 0.6 is 0 Å². The van der Waals surface area contributed by atoms with E-state index in [4.69, 9.17) is 4.74 Å². The Morgan fingerprint density at radius 2 is 1.71 bits per heavy atom. The molecule has 0 spiro atoms. The molecule has 0 unspecified atom stereocenters. The molecule has 0 N–H and O–H groups in total. The second-order valence-corrected chi connectivity index (χ2v) is 5.28. The van der Waals surface area contributed by atoms with Crippen LogP contribution in [-0.2, 0) is 6.54 Å². The number of ether oxygens (including phenoxy) is 1. The minimum absolute atomic E-state index is 0.652. The minimum atomic E-state index is 0.652. The monoisotopic (exact) mass is 278 g/mol. The van der Waals surface area contributed by atoms with Gasteiger partial charge in [-0.05, 0) is 37.7 Å². The third kappa shape index (κ3) is 3.03. The summed E-state index contributed by atoms with van der Waals surface area (Å²) in [4.78, 5) is 6.51. The van der Waals surface area contributed by atoms with Gasteiger partial charge in [0.1, 0.15) is 5.75 Å². The van der Waals surface area contributed by atoms with Gasteiger partial charge < -0.3 is 9.64 Å². The van der Waals surface area contributed by atoms with Crippen molar-refractivity contribution in [2.75, 3.05) is 14.1 Å². The number of benzene rings is 2. The van der Waals surface area contributed by atoms with Crippen LogP contribution < -0.4 is 4.74 Å². The number of hydrogen-bond acceptors (Lipinski definition) is 3. The molecule has 0 amide bonds. The Balaban J connectivity index is 1.99. The number of para-hydroxylation sites is 1. The molecule has 0 fully saturated rings. The van der Waals surface area contributed by atoms with Crippen LogP contribution in [0, 0.1) is 0 Å².